The minimum absolute atomic E-state index is 0.161. The van der Waals surface area contributed by atoms with E-state index in [9.17, 15) is 4.79 Å². The Morgan fingerprint density at radius 3 is 2.53 bits per heavy atom. The molecule has 2 heterocycles. The summed E-state index contributed by atoms with van der Waals surface area (Å²) in [5.74, 6) is 0.923. The molecular weight excluding hydrogens is 242 g/mol. The van der Waals surface area contributed by atoms with E-state index in [1.54, 1.807) is 0 Å². The monoisotopic (exact) mass is 269 g/mol. The van der Waals surface area contributed by atoms with Gasteiger partial charge in [-0.05, 0) is 45.3 Å². The van der Waals surface area contributed by atoms with E-state index in [2.05, 4.69) is 11.9 Å². The Morgan fingerprint density at radius 2 is 2.05 bits per heavy atom. The van der Waals surface area contributed by atoms with Crippen molar-refractivity contribution in [1.29, 1.82) is 0 Å². The van der Waals surface area contributed by atoms with E-state index in [4.69, 9.17) is 10.5 Å². The van der Waals surface area contributed by atoms with Crippen molar-refractivity contribution in [2.45, 2.75) is 19.3 Å². The molecule has 5 heteroatoms. The second kappa shape index (κ2) is 6.20. The van der Waals surface area contributed by atoms with E-state index in [0.29, 0.717) is 19.8 Å². The number of hydrogen-bond donors (Lipinski definition) is 1. The summed E-state index contributed by atoms with van der Waals surface area (Å²) in [4.78, 5) is 16.6. The summed E-state index contributed by atoms with van der Waals surface area (Å²) >= 11 is 0. The van der Waals surface area contributed by atoms with Gasteiger partial charge in [0.2, 0.25) is 5.91 Å². The molecule has 0 radical (unpaired) electrons. The molecule has 19 heavy (non-hydrogen) atoms. The van der Waals surface area contributed by atoms with Gasteiger partial charge in [-0.1, -0.05) is 0 Å². The standard InChI is InChI=1S/C14H27N3O2/c1-16-6-3-12(4-7-16)5-8-17(2)13(18)14(9-15)10-19-11-14/h12H,3-11,15H2,1-2H3. The van der Waals surface area contributed by atoms with Crippen molar-refractivity contribution < 1.29 is 9.53 Å². The molecule has 0 aromatic heterocycles. The average Bonchev–Trinajstić information content (AvgIpc) is 2.37. The fourth-order valence-corrected chi connectivity index (χ4v) is 2.91. The Hall–Kier alpha value is -0.650. The van der Waals surface area contributed by atoms with Gasteiger partial charge in [-0.25, -0.2) is 0 Å². The van der Waals surface area contributed by atoms with Crippen LogP contribution in [0.1, 0.15) is 19.3 Å². The SMILES string of the molecule is CN1CCC(CCN(C)C(=O)C2(CN)COC2)CC1. The lowest BCUT2D eigenvalue weighted by Crippen LogP contribution is -2.58. The van der Waals surface area contributed by atoms with Crippen LogP contribution < -0.4 is 5.73 Å². The molecule has 0 aliphatic carbocycles. The van der Waals surface area contributed by atoms with Crippen molar-refractivity contribution in [3.8, 4) is 0 Å². The van der Waals surface area contributed by atoms with E-state index < -0.39 is 5.41 Å². The highest BCUT2D eigenvalue weighted by Gasteiger charge is 2.46. The molecule has 0 unspecified atom stereocenters. The number of piperidine rings is 1. The van der Waals surface area contributed by atoms with Gasteiger partial charge in [-0.15, -0.1) is 0 Å². The van der Waals surface area contributed by atoms with Crippen LogP contribution in [0.25, 0.3) is 0 Å². The van der Waals surface area contributed by atoms with Gasteiger partial charge in [0.15, 0.2) is 0 Å². The zero-order valence-electron chi connectivity index (χ0n) is 12.2. The summed E-state index contributed by atoms with van der Waals surface area (Å²) in [5.41, 5.74) is 5.30. The van der Waals surface area contributed by atoms with Gasteiger partial charge in [0.25, 0.3) is 0 Å². The first-order valence-electron chi connectivity index (χ1n) is 7.29. The molecule has 0 saturated carbocycles. The molecule has 0 spiro atoms. The number of ether oxygens (including phenoxy) is 1. The van der Waals surface area contributed by atoms with Gasteiger partial charge >= 0.3 is 0 Å². The fourth-order valence-electron chi connectivity index (χ4n) is 2.91. The second-order valence-corrected chi connectivity index (χ2v) is 6.24. The van der Waals surface area contributed by atoms with Crippen LogP contribution in [0.4, 0.5) is 0 Å². The Morgan fingerprint density at radius 1 is 1.42 bits per heavy atom. The number of amides is 1. The zero-order valence-corrected chi connectivity index (χ0v) is 12.2. The second-order valence-electron chi connectivity index (χ2n) is 6.24. The van der Waals surface area contributed by atoms with Crippen LogP contribution in [0.5, 0.6) is 0 Å². The maximum Gasteiger partial charge on any atom is 0.234 e. The normalized spacial score (nSPS) is 23.9. The lowest BCUT2D eigenvalue weighted by Gasteiger charge is -2.41. The summed E-state index contributed by atoms with van der Waals surface area (Å²) in [6.45, 7) is 4.58. The molecule has 0 bridgehead atoms. The summed E-state index contributed by atoms with van der Waals surface area (Å²) < 4.78 is 5.17. The van der Waals surface area contributed by atoms with Crippen LogP contribution in [0.3, 0.4) is 0 Å². The van der Waals surface area contributed by atoms with E-state index in [1.807, 2.05) is 11.9 Å². The maximum absolute atomic E-state index is 12.4. The van der Waals surface area contributed by atoms with Crippen molar-refractivity contribution in [2.75, 3.05) is 53.5 Å². The number of nitrogens with two attached hydrogens (primary N) is 1. The summed E-state index contributed by atoms with van der Waals surface area (Å²) in [7, 11) is 4.07. The largest absolute Gasteiger partial charge is 0.379 e. The predicted octanol–water partition coefficient (Wildman–Crippen LogP) is 0.152. The number of rotatable bonds is 5. The van der Waals surface area contributed by atoms with Crippen LogP contribution in [-0.2, 0) is 9.53 Å². The van der Waals surface area contributed by atoms with Crippen molar-refractivity contribution in [3.63, 3.8) is 0 Å². The Labute approximate surface area is 116 Å². The summed E-state index contributed by atoms with van der Waals surface area (Å²) in [5, 5.41) is 0. The van der Waals surface area contributed by atoms with Crippen LogP contribution in [0.15, 0.2) is 0 Å². The molecule has 110 valence electrons. The molecular formula is C14H27N3O2. The molecule has 2 aliphatic heterocycles. The predicted molar refractivity (Wildman–Crippen MR) is 74.8 cm³/mol. The first kappa shape index (κ1) is 14.8. The lowest BCUT2D eigenvalue weighted by atomic mass is 9.84. The number of carbonyl (C=O) groups excluding carboxylic acids is 1. The molecule has 2 fully saturated rings. The lowest BCUT2D eigenvalue weighted by molar-refractivity contribution is -0.169. The van der Waals surface area contributed by atoms with E-state index in [1.165, 1.54) is 25.9 Å². The van der Waals surface area contributed by atoms with Crippen LogP contribution in [0, 0.1) is 11.3 Å². The van der Waals surface area contributed by atoms with Gasteiger partial charge in [0.05, 0.1) is 13.2 Å². The molecule has 2 rings (SSSR count). The number of hydrogen-bond acceptors (Lipinski definition) is 4. The highest BCUT2D eigenvalue weighted by atomic mass is 16.5. The first-order chi connectivity index (χ1) is 9.07. The first-order valence-corrected chi connectivity index (χ1v) is 7.29. The quantitative estimate of drug-likeness (QED) is 0.772. The van der Waals surface area contributed by atoms with Gasteiger partial charge in [-0.2, -0.15) is 0 Å². The van der Waals surface area contributed by atoms with E-state index in [0.717, 1.165) is 18.9 Å². The van der Waals surface area contributed by atoms with Gasteiger partial charge in [0, 0.05) is 20.1 Å². The van der Waals surface area contributed by atoms with E-state index >= 15 is 0 Å². The van der Waals surface area contributed by atoms with Gasteiger partial charge in [-0.3, -0.25) is 4.79 Å². The third-order valence-corrected chi connectivity index (χ3v) is 4.66. The van der Waals surface area contributed by atoms with Crippen LogP contribution in [0.2, 0.25) is 0 Å². The Bertz CT molecular complexity index is 304. The zero-order chi connectivity index (χ0) is 13.9. The number of nitrogens with zero attached hydrogens (tertiary/aromatic N) is 2. The molecule has 5 nitrogen and oxygen atoms in total. The molecule has 2 aliphatic rings. The minimum atomic E-state index is -0.429. The van der Waals surface area contributed by atoms with Gasteiger partial charge < -0.3 is 20.3 Å². The highest BCUT2D eigenvalue weighted by molar-refractivity contribution is 5.83. The third kappa shape index (κ3) is 3.27. The van der Waals surface area contributed by atoms with E-state index in [-0.39, 0.29) is 5.91 Å². The molecule has 1 amide bonds. The molecule has 2 N–H and O–H groups in total. The molecule has 0 atom stereocenters. The Balaban J connectivity index is 1.75. The Kier molecular flexibility index (Phi) is 4.81. The smallest absolute Gasteiger partial charge is 0.234 e. The molecule has 2 saturated heterocycles. The van der Waals surface area contributed by atoms with Gasteiger partial charge in [0.1, 0.15) is 5.41 Å². The maximum atomic E-state index is 12.4. The van der Waals surface area contributed by atoms with Crippen LogP contribution in [-0.4, -0.2) is 69.2 Å². The fraction of sp³-hybridized carbons (Fsp3) is 0.929. The summed E-state index contributed by atoms with van der Waals surface area (Å²) in [6, 6.07) is 0. The van der Waals surface area contributed by atoms with Crippen molar-refractivity contribution in [1.82, 2.24) is 9.80 Å². The van der Waals surface area contributed by atoms with Crippen molar-refractivity contribution in [3.05, 3.63) is 0 Å². The van der Waals surface area contributed by atoms with Crippen molar-refractivity contribution >= 4 is 5.91 Å². The number of likely N-dealkylation sites (tertiary alicyclic amines) is 1. The van der Waals surface area contributed by atoms with Crippen LogP contribution >= 0.6 is 0 Å². The minimum Gasteiger partial charge on any atom is -0.379 e. The third-order valence-electron chi connectivity index (χ3n) is 4.66. The topological polar surface area (TPSA) is 58.8 Å². The highest BCUT2D eigenvalue weighted by Crippen LogP contribution is 2.29. The average molecular weight is 269 g/mol. The number of carbonyl (C=O) groups is 1. The summed E-state index contributed by atoms with van der Waals surface area (Å²) in [6.07, 6.45) is 3.62. The van der Waals surface area contributed by atoms with Crippen molar-refractivity contribution in [2.24, 2.45) is 17.1 Å². The molecule has 0 aromatic rings. The molecule has 0 aromatic carbocycles.